The maximum absolute atomic E-state index is 12.8. The number of ether oxygens (including phenoxy) is 1. The molecule has 154 valence electrons. The summed E-state index contributed by atoms with van der Waals surface area (Å²) in [6, 6.07) is 9.62. The van der Waals surface area contributed by atoms with Crippen LogP contribution in [-0.2, 0) is 14.8 Å². The number of sulfonamides is 1. The second-order valence-corrected chi connectivity index (χ2v) is 8.50. The van der Waals surface area contributed by atoms with Gasteiger partial charge in [-0.3, -0.25) is 14.9 Å². The van der Waals surface area contributed by atoms with Crippen molar-refractivity contribution < 1.29 is 22.9 Å². The number of benzene rings is 2. The Hall–Kier alpha value is -2.98. The van der Waals surface area contributed by atoms with Gasteiger partial charge in [-0.2, -0.15) is 0 Å². The van der Waals surface area contributed by atoms with Crippen molar-refractivity contribution in [3.8, 4) is 5.75 Å². The Kier molecular flexibility index (Phi) is 5.85. The molecule has 2 N–H and O–H groups in total. The lowest BCUT2D eigenvalue weighted by Gasteiger charge is -2.16. The Morgan fingerprint density at radius 3 is 2.41 bits per heavy atom. The molecule has 0 saturated heterocycles. The van der Waals surface area contributed by atoms with Crippen molar-refractivity contribution in [2.45, 2.75) is 30.7 Å². The first kappa shape index (κ1) is 20.7. The van der Waals surface area contributed by atoms with E-state index in [4.69, 9.17) is 4.74 Å². The molecule has 2 aromatic carbocycles. The number of nitro benzene ring substituents is 1. The molecule has 0 bridgehead atoms. The van der Waals surface area contributed by atoms with Crippen LogP contribution in [0, 0.1) is 16.0 Å². The fraction of sp³-hybridized carbons (Fsp3) is 0.316. The van der Waals surface area contributed by atoms with Crippen LogP contribution in [0.1, 0.15) is 31.4 Å². The van der Waals surface area contributed by atoms with E-state index < -0.39 is 21.0 Å². The summed E-state index contributed by atoms with van der Waals surface area (Å²) in [7, 11) is -2.75. The van der Waals surface area contributed by atoms with Gasteiger partial charge in [0.15, 0.2) is 0 Å². The van der Waals surface area contributed by atoms with Crippen molar-refractivity contribution >= 4 is 27.3 Å². The first-order chi connectivity index (χ1) is 13.7. The van der Waals surface area contributed by atoms with Crippen LogP contribution in [0.5, 0.6) is 5.75 Å². The first-order valence-corrected chi connectivity index (χ1v) is 10.4. The minimum Gasteiger partial charge on any atom is -0.495 e. The van der Waals surface area contributed by atoms with Crippen molar-refractivity contribution in [3.63, 3.8) is 0 Å². The van der Waals surface area contributed by atoms with E-state index in [1.807, 2.05) is 0 Å². The number of nitrogens with zero attached hydrogens (tertiary/aromatic N) is 1. The topological polar surface area (TPSA) is 128 Å². The van der Waals surface area contributed by atoms with E-state index in [9.17, 15) is 23.3 Å². The van der Waals surface area contributed by atoms with Crippen LogP contribution in [0.2, 0.25) is 0 Å². The van der Waals surface area contributed by atoms with E-state index in [0.29, 0.717) is 11.3 Å². The van der Waals surface area contributed by atoms with Crippen molar-refractivity contribution in [1.82, 2.24) is 4.72 Å². The van der Waals surface area contributed by atoms with Crippen molar-refractivity contribution in [3.05, 3.63) is 58.1 Å². The summed E-state index contributed by atoms with van der Waals surface area (Å²) in [5, 5.41) is 13.7. The Bertz CT molecular complexity index is 1030. The third-order valence-electron chi connectivity index (χ3n) is 4.61. The molecule has 9 nitrogen and oxygen atoms in total. The average Bonchev–Trinajstić information content (AvgIpc) is 3.53. The number of anilines is 1. The van der Waals surface area contributed by atoms with E-state index in [1.165, 1.54) is 7.11 Å². The Labute approximate surface area is 168 Å². The van der Waals surface area contributed by atoms with Crippen LogP contribution in [0.3, 0.4) is 0 Å². The van der Waals surface area contributed by atoms with Gasteiger partial charge in [-0.1, -0.05) is 12.1 Å². The van der Waals surface area contributed by atoms with Gasteiger partial charge in [-0.15, -0.1) is 0 Å². The molecular weight excluding hydrogens is 398 g/mol. The maximum Gasteiger partial charge on any atom is 0.273 e. The molecule has 29 heavy (non-hydrogen) atoms. The van der Waals surface area contributed by atoms with Crippen LogP contribution in [0.15, 0.2) is 47.4 Å². The van der Waals surface area contributed by atoms with Gasteiger partial charge in [0.25, 0.3) is 5.69 Å². The van der Waals surface area contributed by atoms with Crippen LogP contribution in [0.4, 0.5) is 11.4 Å². The molecule has 10 heteroatoms. The van der Waals surface area contributed by atoms with E-state index in [2.05, 4.69) is 10.0 Å². The van der Waals surface area contributed by atoms with E-state index in [1.54, 1.807) is 31.2 Å². The highest BCUT2D eigenvalue weighted by Gasteiger charge is 2.29. The number of rotatable bonds is 8. The number of methoxy groups -OCH3 is 1. The molecule has 0 heterocycles. The molecule has 1 atom stereocenters. The zero-order chi connectivity index (χ0) is 21.2. The van der Waals surface area contributed by atoms with Crippen molar-refractivity contribution in [1.29, 1.82) is 0 Å². The number of non-ortho nitro benzene ring substituents is 1. The van der Waals surface area contributed by atoms with Crippen LogP contribution in [-0.4, -0.2) is 26.4 Å². The van der Waals surface area contributed by atoms with Crippen LogP contribution >= 0.6 is 0 Å². The maximum atomic E-state index is 12.8. The van der Waals surface area contributed by atoms with Gasteiger partial charge in [-0.05, 0) is 43.5 Å². The highest BCUT2D eigenvalue weighted by molar-refractivity contribution is 7.89. The summed E-state index contributed by atoms with van der Waals surface area (Å²) in [5.74, 6) is -0.0223. The molecule has 0 aliphatic heterocycles. The fourth-order valence-electron chi connectivity index (χ4n) is 2.80. The summed E-state index contributed by atoms with van der Waals surface area (Å²) < 4.78 is 33.1. The number of hydrogen-bond acceptors (Lipinski definition) is 6. The molecule has 1 fully saturated rings. The highest BCUT2D eigenvalue weighted by Crippen LogP contribution is 2.31. The molecule has 1 aliphatic carbocycles. The Morgan fingerprint density at radius 2 is 1.86 bits per heavy atom. The van der Waals surface area contributed by atoms with Gasteiger partial charge in [-0.25, -0.2) is 13.1 Å². The van der Waals surface area contributed by atoms with Crippen molar-refractivity contribution in [2.75, 3.05) is 12.4 Å². The number of carbonyl (C=O) groups is 1. The minimum absolute atomic E-state index is 0.00299. The largest absolute Gasteiger partial charge is 0.495 e. The zero-order valence-corrected chi connectivity index (χ0v) is 16.7. The molecule has 1 saturated carbocycles. The van der Waals surface area contributed by atoms with Gasteiger partial charge < -0.3 is 10.1 Å². The van der Waals surface area contributed by atoms with E-state index in [-0.39, 0.29) is 28.2 Å². The SMILES string of the molecule is COc1cc([N+](=O)[O-])ccc1S(=O)(=O)NC(C)c1ccc(NC(=O)C2CC2)cc1. The molecule has 1 amide bonds. The average molecular weight is 419 g/mol. The van der Waals surface area contributed by atoms with Gasteiger partial charge in [0, 0.05) is 23.7 Å². The van der Waals surface area contributed by atoms with E-state index >= 15 is 0 Å². The van der Waals surface area contributed by atoms with Gasteiger partial charge in [0.05, 0.1) is 18.1 Å². The number of amides is 1. The summed E-state index contributed by atoms with van der Waals surface area (Å²) in [4.78, 5) is 21.9. The second kappa shape index (κ2) is 8.18. The number of carbonyl (C=O) groups excluding carboxylic acids is 1. The number of hydrogen-bond donors (Lipinski definition) is 2. The summed E-state index contributed by atoms with van der Waals surface area (Å²) in [5.41, 5.74) is 1.08. The van der Waals surface area contributed by atoms with Crippen LogP contribution in [0.25, 0.3) is 0 Å². The standard InChI is InChI=1S/C19H21N3O6S/c1-12(13-5-7-15(8-6-13)20-19(23)14-3-4-14)21-29(26,27)18-10-9-16(22(24)25)11-17(18)28-2/h5-12,14,21H,3-4H2,1-2H3,(H,20,23). The Morgan fingerprint density at radius 1 is 1.21 bits per heavy atom. The highest BCUT2D eigenvalue weighted by atomic mass is 32.2. The third-order valence-corrected chi connectivity index (χ3v) is 6.19. The normalized spacial score (nSPS) is 14.8. The van der Waals surface area contributed by atoms with Crippen LogP contribution < -0.4 is 14.8 Å². The lowest BCUT2D eigenvalue weighted by atomic mass is 10.1. The molecule has 3 rings (SSSR count). The molecule has 0 radical (unpaired) electrons. The minimum atomic E-state index is -3.99. The zero-order valence-electron chi connectivity index (χ0n) is 15.9. The molecule has 0 spiro atoms. The molecule has 0 aromatic heterocycles. The number of nitro groups is 1. The van der Waals surface area contributed by atoms with Crippen molar-refractivity contribution in [2.24, 2.45) is 5.92 Å². The summed E-state index contributed by atoms with van der Waals surface area (Å²) in [6.07, 6.45) is 1.82. The quantitative estimate of drug-likeness (QED) is 0.500. The second-order valence-electron chi connectivity index (χ2n) is 6.82. The predicted molar refractivity (Wildman–Crippen MR) is 106 cm³/mol. The molecule has 1 aliphatic rings. The van der Waals surface area contributed by atoms with Gasteiger partial charge in [0.1, 0.15) is 10.6 Å². The third kappa shape index (κ3) is 4.90. The summed E-state index contributed by atoms with van der Waals surface area (Å²) in [6.45, 7) is 1.67. The monoisotopic (exact) mass is 419 g/mol. The smallest absolute Gasteiger partial charge is 0.273 e. The number of nitrogens with one attached hydrogen (secondary N) is 2. The molecule has 1 unspecified atom stereocenters. The fourth-order valence-corrected chi connectivity index (χ4v) is 4.18. The Balaban J connectivity index is 1.74. The lowest BCUT2D eigenvalue weighted by molar-refractivity contribution is -0.385. The van der Waals surface area contributed by atoms with E-state index in [0.717, 1.165) is 31.0 Å². The van der Waals surface area contributed by atoms with Gasteiger partial charge in [0.2, 0.25) is 15.9 Å². The molecule has 2 aromatic rings. The first-order valence-electron chi connectivity index (χ1n) is 8.97. The molecular formula is C19H21N3O6S. The van der Waals surface area contributed by atoms with Gasteiger partial charge >= 0.3 is 0 Å². The summed E-state index contributed by atoms with van der Waals surface area (Å²) >= 11 is 0. The predicted octanol–water partition coefficient (Wildman–Crippen LogP) is 2.99. The lowest BCUT2D eigenvalue weighted by Crippen LogP contribution is -2.27.